The van der Waals surface area contributed by atoms with Crippen molar-refractivity contribution in [1.29, 1.82) is 0 Å². The van der Waals surface area contributed by atoms with Gasteiger partial charge in [0.1, 0.15) is 5.15 Å². The summed E-state index contributed by atoms with van der Waals surface area (Å²) in [4.78, 5) is 14.4. The van der Waals surface area contributed by atoms with Gasteiger partial charge in [0.05, 0.1) is 0 Å². The molecule has 0 saturated heterocycles. The highest BCUT2D eigenvalue weighted by molar-refractivity contribution is 6.35. The molecular weight excluding hydrogens is 237 g/mol. The minimum Gasteiger partial charge on any atom is -0.477 e. The van der Waals surface area contributed by atoms with Crippen LogP contribution in [-0.2, 0) is 6.42 Å². The van der Waals surface area contributed by atoms with Crippen molar-refractivity contribution in [2.24, 2.45) is 0 Å². The molecule has 1 aromatic rings. The Bertz CT molecular complexity index is 357. The first-order valence-corrected chi connectivity index (χ1v) is 5.40. The molecule has 0 aliphatic rings. The Morgan fingerprint density at radius 1 is 1.53 bits per heavy atom. The summed E-state index contributed by atoms with van der Waals surface area (Å²) in [7, 11) is 0. The summed E-state index contributed by atoms with van der Waals surface area (Å²) >= 11 is 11.8. The van der Waals surface area contributed by atoms with Gasteiger partial charge in [-0.15, -0.1) is 0 Å². The second-order valence-electron chi connectivity index (χ2n) is 3.17. The van der Waals surface area contributed by atoms with Gasteiger partial charge < -0.3 is 5.11 Å². The molecule has 0 aromatic carbocycles. The number of aromatic carboxylic acids is 1. The van der Waals surface area contributed by atoms with E-state index in [1.54, 1.807) is 0 Å². The molecule has 5 heteroatoms. The number of aromatic nitrogens is 1. The van der Waals surface area contributed by atoms with E-state index in [0.29, 0.717) is 5.02 Å². The highest BCUT2D eigenvalue weighted by Gasteiger charge is 2.13. The number of unbranched alkanes of at least 4 members (excludes halogenated alkanes) is 1. The number of hydrogen-bond acceptors (Lipinski definition) is 2. The van der Waals surface area contributed by atoms with E-state index in [1.807, 2.05) is 0 Å². The largest absolute Gasteiger partial charge is 0.477 e. The van der Waals surface area contributed by atoms with Crippen LogP contribution in [0.2, 0.25) is 10.2 Å². The quantitative estimate of drug-likeness (QED) is 0.830. The van der Waals surface area contributed by atoms with Crippen LogP contribution in [0.25, 0.3) is 0 Å². The molecule has 0 atom stereocenters. The van der Waals surface area contributed by atoms with Crippen molar-refractivity contribution in [2.45, 2.75) is 26.2 Å². The number of rotatable bonds is 4. The maximum atomic E-state index is 10.7. The minimum atomic E-state index is -1.12. The Morgan fingerprint density at radius 2 is 2.20 bits per heavy atom. The lowest BCUT2D eigenvalue weighted by molar-refractivity contribution is 0.0690. The summed E-state index contributed by atoms with van der Waals surface area (Å²) in [6.07, 6.45) is 2.70. The number of carboxylic acids is 1. The topological polar surface area (TPSA) is 50.2 Å². The molecule has 1 heterocycles. The van der Waals surface area contributed by atoms with Crippen LogP contribution in [0.1, 0.15) is 35.8 Å². The third-order valence-electron chi connectivity index (χ3n) is 2.02. The summed E-state index contributed by atoms with van der Waals surface area (Å²) in [5.41, 5.74) is 0.607. The molecule has 1 aromatic heterocycles. The van der Waals surface area contributed by atoms with Crippen molar-refractivity contribution in [3.8, 4) is 0 Å². The van der Waals surface area contributed by atoms with E-state index in [0.717, 1.165) is 24.8 Å². The first-order chi connectivity index (χ1) is 7.06. The van der Waals surface area contributed by atoms with Gasteiger partial charge in [-0.2, -0.15) is 0 Å². The first-order valence-electron chi connectivity index (χ1n) is 4.64. The molecule has 0 spiro atoms. The Morgan fingerprint density at radius 3 is 2.67 bits per heavy atom. The van der Waals surface area contributed by atoms with Gasteiger partial charge in [0.15, 0.2) is 5.69 Å². The summed E-state index contributed by atoms with van der Waals surface area (Å²) in [5, 5.41) is 9.28. The van der Waals surface area contributed by atoms with Crippen molar-refractivity contribution in [3.05, 3.63) is 27.5 Å². The van der Waals surface area contributed by atoms with Gasteiger partial charge >= 0.3 is 5.97 Å². The van der Waals surface area contributed by atoms with E-state index in [9.17, 15) is 4.79 Å². The summed E-state index contributed by atoms with van der Waals surface area (Å²) in [6.45, 7) is 2.06. The fourth-order valence-electron chi connectivity index (χ4n) is 1.20. The van der Waals surface area contributed by atoms with Crippen molar-refractivity contribution in [2.75, 3.05) is 0 Å². The lowest BCUT2D eigenvalue weighted by Crippen LogP contribution is -2.03. The van der Waals surface area contributed by atoms with E-state index >= 15 is 0 Å². The predicted octanol–water partition coefficient (Wildman–Crippen LogP) is 3.43. The Labute approximate surface area is 98.0 Å². The molecular formula is C10H11Cl2NO2. The molecule has 0 unspecified atom stereocenters. The van der Waals surface area contributed by atoms with Gasteiger partial charge in [-0.1, -0.05) is 36.5 Å². The monoisotopic (exact) mass is 247 g/mol. The second-order valence-corrected chi connectivity index (χ2v) is 3.93. The second kappa shape index (κ2) is 5.33. The molecule has 1 N–H and O–H groups in total. The maximum absolute atomic E-state index is 10.7. The van der Waals surface area contributed by atoms with Crippen molar-refractivity contribution in [3.63, 3.8) is 0 Å². The van der Waals surface area contributed by atoms with Crippen LogP contribution >= 0.6 is 23.2 Å². The Hall–Kier alpha value is -0.800. The average molecular weight is 248 g/mol. The molecule has 0 aliphatic carbocycles. The third-order valence-corrected chi connectivity index (χ3v) is 2.67. The first kappa shape index (κ1) is 12.3. The molecule has 0 saturated carbocycles. The lowest BCUT2D eigenvalue weighted by Gasteiger charge is -2.06. The Balaban J connectivity index is 3.04. The van der Waals surface area contributed by atoms with E-state index in [-0.39, 0.29) is 10.8 Å². The third kappa shape index (κ3) is 3.08. The van der Waals surface area contributed by atoms with Crippen molar-refractivity contribution < 1.29 is 9.90 Å². The van der Waals surface area contributed by atoms with Gasteiger partial charge in [0.2, 0.25) is 0 Å². The minimum absolute atomic E-state index is 0.120. The molecule has 0 bridgehead atoms. The summed E-state index contributed by atoms with van der Waals surface area (Å²) in [6, 6.07) is 1.33. The number of carboxylic acid groups (broad SMARTS) is 1. The number of hydrogen-bond donors (Lipinski definition) is 1. The molecule has 0 radical (unpaired) electrons. The van der Waals surface area contributed by atoms with Crippen LogP contribution in [0.4, 0.5) is 0 Å². The zero-order chi connectivity index (χ0) is 11.4. The Kier molecular flexibility index (Phi) is 4.36. The summed E-state index contributed by atoms with van der Waals surface area (Å²) < 4.78 is 0. The molecule has 0 fully saturated rings. The van der Waals surface area contributed by atoms with Crippen LogP contribution in [0.3, 0.4) is 0 Å². The van der Waals surface area contributed by atoms with Crippen molar-refractivity contribution in [1.82, 2.24) is 4.98 Å². The maximum Gasteiger partial charge on any atom is 0.354 e. The smallest absolute Gasteiger partial charge is 0.354 e. The number of halogens is 2. The highest BCUT2D eigenvalue weighted by Crippen LogP contribution is 2.25. The van der Waals surface area contributed by atoms with E-state index < -0.39 is 5.97 Å². The zero-order valence-electron chi connectivity index (χ0n) is 8.26. The van der Waals surface area contributed by atoms with Gasteiger partial charge in [0, 0.05) is 10.6 Å². The highest BCUT2D eigenvalue weighted by atomic mass is 35.5. The van der Waals surface area contributed by atoms with Crippen LogP contribution in [0.5, 0.6) is 0 Å². The van der Waals surface area contributed by atoms with Crippen LogP contribution < -0.4 is 0 Å². The summed E-state index contributed by atoms with van der Waals surface area (Å²) in [5.74, 6) is -1.12. The van der Waals surface area contributed by atoms with E-state index in [4.69, 9.17) is 28.3 Å². The van der Waals surface area contributed by atoms with Crippen LogP contribution in [-0.4, -0.2) is 16.1 Å². The van der Waals surface area contributed by atoms with Crippen LogP contribution in [0, 0.1) is 0 Å². The number of pyridine rings is 1. The number of carbonyl (C=O) groups is 1. The SMILES string of the molecule is CCCCc1c(Cl)cc(C(=O)O)nc1Cl. The predicted molar refractivity (Wildman–Crippen MR) is 59.8 cm³/mol. The molecule has 15 heavy (non-hydrogen) atoms. The standard InChI is InChI=1S/C10H11Cl2NO2/c1-2-3-4-6-7(11)5-8(10(14)15)13-9(6)12/h5H,2-4H2,1H3,(H,14,15). The van der Waals surface area contributed by atoms with Crippen LogP contribution in [0.15, 0.2) is 6.07 Å². The van der Waals surface area contributed by atoms with E-state index in [1.165, 1.54) is 6.07 Å². The fraction of sp³-hybridized carbons (Fsp3) is 0.400. The van der Waals surface area contributed by atoms with Gasteiger partial charge in [-0.05, 0) is 18.9 Å². The molecule has 82 valence electrons. The normalized spacial score (nSPS) is 10.3. The zero-order valence-corrected chi connectivity index (χ0v) is 9.77. The van der Waals surface area contributed by atoms with Crippen molar-refractivity contribution >= 4 is 29.2 Å². The molecule has 1 rings (SSSR count). The molecule has 0 amide bonds. The lowest BCUT2D eigenvalue weighted by atomic mass is 10.1. The van der Waals surface area contributed by atoms with Gasteiger partial charge in [0.25, 0.3) is 0 Å². The fourth-order valence-corrected chi connectivity index (χ4v) is 1.82. The molecule has 3 nitrogen and oxygen atoms in total. The van der Waals surface area contributed by atoms with Gasteiger partial charge in [-0.3, -0.25) is 0 Å². The average Bonchev–Trinajstić information content (AvgIpc) is 2.16. The van der Waals surface area contributed by atoms with Gasteiger partial charge in [-0.25, -0.2) is 9.78 Å². The number of nitrogens with zero attached hydrogens (tertiary/aromatic N) is 1. The van der Waals surface area contributed by atoms with E-state index in [2.05, 4.69) is 11.9 Å². The molecule has 0 aliphatic heterocycles.